The van der Waals surface area contributed by atoms with Gasteiger partial charge in [-0.25, -0.2) is 9.18 Å². The number of urea groups is 1. The molecule has 1 unspecified atom stereocenters. The molecule has 4 rings (SSSR count). The first-order valence-corrected chi connectivity index (χ1v) is 11.8. The van der Waals surface area contributed by atoms with Crippen LogP contribution in [0.5, 0.6) is 0 Å². The van der Waals surface area contributed by atoms with Gasteiger partial charge in [0.2, 0.25) is 5.82 Å². The highest BCUT2D eigenvalue weighted by atomic mass is 19.1. The van der Waals surface area contributed by atoms with Gasteiger partial charge in [-0.2, -0.15) is 4.98 Å². The molecule has 0 bridgehead atoms. The number of hydrogen-bond donors (Lipinski definition) is 2. The molecule has 0 aliphatic carbocycles. The summed E-state index contributed by atoms with van der Waals surface area (Å²) >= 11 is 0. The van der Waals surface area contributed by atoms with E-state index in [1.54, 1.807) is 18.2 Å². The summed E-state index contributed by atoms with van der Waals surface area (Å²) in [4.78, 5) is 27.7. The summed E-state index contributed by atoms with van der Waals surface area (Å²) < 4.78 is 25.2. The quantitative estimate of drug-likeness (QED) is 0.220. The van der Waals surface area contributed by atoms with Gasteiger partial charge in [0.05, 0.1) is 5.56 Å². The minimum atomic E-state index is -1.00. The Morgan fingerprint density at radius 2 is 1.81 bits per heavy atom. The van der Waals surface area contributed by atoms with Crippen LogP contribution in [0.1, 0.15) is 36.5 Å². The Balaban J connectivity index is 1.41. The Morgan fingerprint density at radius 3 is 2.46 bits per heavy atom. The summed E-state index contributed by atoms with van der Waals surface area (Å²) in [6.45, 7) is 6.37. The molecule has 0 fully saturated rings. The van der Waals surface area contributed by atoms with Crippen molar-refractivity contribution in [2.24, 2.45) is 0 Å². The van der Waals surface area contributed by atoms with Gasteiger partial charge in [-0.3, -0.25) is 4.79 Å². The molecule has 0 saturated carbocycles. The SMILES string of the molecule is Cc1ccc(-c2nc(-c3ccc(CC(NC(=O)Nc4ccc(C(C)C)cc4)OC=O)cc3F)no2)cc1. The molecule has 9 heteroatoms. The molecule has 8 nitrogen and oxygen atoms in total. The molecule has 0 spiro atoms. The molecule has 2 N–H and O–H groups in total. The molecule has 0 aliphatic heterocycles. The van der Waals surface area contributed by atoms with Crippen molar-refractivity contribution >= 4 is 18.2 Å². The largest absolute Gasteiger partial charge is 0.443 e. The van der Waals surface area contributed by atoms with Crippen LogP contribution in [0.3, 0.4) is 0 Å². The van der Waals surface area contributed by atoms with Crippen LogP contribution in [-0.2, 0) is 16.0 Å². The summed E-state index contributed by atoms with van der Waals surface area (Å²) in [5.74, 6) is 0.192. The van der Waals surface area contributed by atoms with Crippen molar-refractivity contribution in [1.29, 1.82) is 0 Å². The molecule has 2 amide bonds. The first-order valence-electron chi connectivity index (χ1n) is 11.8. The number of rotatable bonds is 9. The number of nitrogens with zero attached hydrogens (tertiary/aromatic N) is 2. The van der Waals surface area contributed by atoms with E-state index in [0.29, 0.717) is 17.2 Å². The molecule has 1 atom stereocenters. The highest BCUT2D eigenvalue weighted by Crippen LogP contribution is 2.25. The number of aryl methyl sites for hydroxylation is 1. The fourth-order valence-corrected chi connectivity index (χ4v) is 3.69. The minimum Gasteiger partial charge on any atom is -0.443 e. The normalized spacial score (nSPS) is 11.7. The van der Waals surface area contributed by atoms with Gasteiger partial charge in [0.1, 0.15) is 5.82 Å². The number of amides is 2. The first kappa shape index (κ1) is 25.6. The van der Waals surface area contributed by atoms with Crippen molar-refractivity contribution in [2.45, 2.75) is 39.3 Å². The molecule has 37 heavy (non-hydrogen) atoms. The average Bonchev–Trinajstić information content (AvgIpc) is 3.35. The number of hydrogen-bond acceptors (Lipinski definition) is 6. The number of carbonyl (C=O) groups is 2. The van der Waals surface area contributed by atoms with Crippen molar-refractivity contribution in [3.05, 3.63) is 89.2 Å². The molecule has 190 valence electrons. The lowest BCUT2D eigenvalue weighted by Gasteiger charge is -2.18. The van der Waals surface area contributed by atoms with E-state index in [1.165, 1.54) is 12.1 Å². The minimum absolute atomic E-state index is 0.0521. The van der Waals surface area contributed by atoms with Crippen molar-refractivity contribution < 1.29 is 23.2 Å². The monoisotopic (exact) mass is 502 g/mol. The molecule has 0 radical (unpaired) electrons. The van der Waals surface area contributed by atoms with Crippen LogP contribution >= 0.6 is 0 Å². The Labute approximate surface area is 213 Å². The predicted molar refractivity (Wildman–Crippen MR) is 137 cm³/mol. The summed E-state index contributed by atoms with van der Waals surface area (Å²) in [6.07, 6.45) is -0.952. The second-order valence-corrected chi connectivity index (χ2v) is 8.90. The van der Waals surface area contributed by atoms with Crippen molar-refractivity contribution in [1.82, 2.24) is 15.5 Å². The van der Waals surface area contributed by atoms with Crippen molar-refractivity contribution in [2.75, 3.05) is 5.32 Å². The van der Waals surface area contributed by atoms with Gasteiger partial charge in [-0.15, -0.1) is 0 Å². The molecule has 0 saturated heterocycles. The van der Waals surface area contributed by atoms with Crippen LogP contribution in [0.2, 0.25) is 0 Å². The third-order valence-electron chi connectivity index (χ3n) is 5.77. The van der Waals surface area contributed by atoms with Crippen LogP contribution in [-0.4, -0.2) is 28.9 Å². The zero-order valence-electron chi connectivity index (χ0n) is 20.7. The summed E-state index contributed by atoms with van der Waals surface area (Å²) in [5.41, 5.74) is 4.22. The smallest absolute Gasteiger partial charge is 0.322 e. The van der Waals surface area contributed by atoms with E-state index >= 15 is 0 Å². The Kier molecular flexibility index (Phi) is 7.92. The summed E-state index contributed by atoms with van der Waals surface area (Å²) in [7, 11) is 0. The van der Waals surface area contributed by atoms with Gasteiger partial charge in [0.15, 0.2) is 6.23 Å². The third-order valence-corrected chi connectivity index (χ3v) is 5.77. The Bertz CT molecular complexity index is 1370. The first-order chi connectivity index (χ1) is 17.8. The maximum absolute atomic E-state index is 14.9. The topological polar surface area (TPSA) is 106 Å². The standard InChI is InChI=1S/C28H27FN4O4/c1-17(2)20-9-11-22(12-10-20)30-28(35)31-25(36-16-34)15-19-6-13-23(24(29)14-19)26-32-27(37-33-26)21-7-4-18(3)5-8-21/h4-14,16-17,25H,15H2,1-3H3,(H2,30,31,35). The Morgan fingerprint density at radius 1 is 1.08 bits per heavy atom. The predicted octanol–water partition coefficient (Wildman–Crippen LogP) is 5.84. The molecule has 0 aliphatic rings. The number of benzene rings is 3. The second-order valence-electron chi connectivity index (χ2n) is 8.90. The van der Waals surface area contributed by atoms with Crippen LogP contribution < -0.4 is 10.6 Å². The van der Waals surface area contributed by atoms with E-state index in [1.807, 2.05) is 43.3 Å². The van der Waals surface area contributed by atoms with Gasteiger partial charge < -0.3 is 19.9 Å². The zero-order valence-corrected chi connectivity index (χ0v) is 20.7. The highest BCUT2D eigenvalue weighted by molar-refractivity contribution is 5.89. The number of carbonyl (C=O) groups excluding carboxylic acids is 2. The number of ether oxygens (including phenoxy) is 1. The van der Waals surface area contributed by atoms with Gasteiger partial charge >= 0.3 is 6.03 Å². The van der Waals surface area contributed by atoms with E-state index in [0.717, 1.165) is 16.7 Å². The maximum atomic E-state index is 14.9. The van der Waals surface area contributed by atoms with Gasteiger partial charge in [0, 0.05) is 17.7 Å². The van der Waals surface area contributed by atoms with Crippen LogP contribution in [0, 0.1) is 12.7 Å². The molecule has 1 heterocycles. The second kappa shape index (κ2) is 11.5. The molecule has 1 aromatic heterocycles. The maximum Gasteiger partial charge on any atom is 0.322 e. The van der Waals surface area contributed by atoms with Gasteiger partial charge in [0.25, 0.3) is 12.4 Å². The highest BCUT2D eigenvalue weighted by Gasteiger charge is 2.18. The molecular weight excluding hydrogens is 475 g/mol. The third kappa shape index (κ3) is 6.58. The van der Waals surface area contributed by atoms with E-state index in [2.05, 4.69) is 34.6 Å². The molecular formula is C28H27FN4O4. The average molecular weight is 503 g/mol. The van der Waals surface area contributed by atoms with E-state index < -0.39 is 18.1 Å². The van der Waals surface area contributed by atoms with Crippen molar-refractivity contribution in [3.8, 4) is 22.8 Å². The van der Waals surface area contributed by atoms with Gasteiger partial charge in [-0.1, -0.05) is 54.9 Å². The van der Waals surface area contributed by atoms with Gasteiger partial charge in [-0.05, 0) is 60.4 Å². The van der Waals surface area contributed by atoms with E-state index in [4.69, 9.17) is 9.26 Å². The number of nitrogens with one attached hydrogen (secondary N) is 2. The van der Waals surface area contributed by atoms with Crippen molar-refractivity contribution in [3.63, 3.8) is 0 Å². The number of aromatic nitrogens is 2. The Hall–Kier alpha value is -4.53. The van der Waals surface area contributed by atoms with E-state index in [-0.39, 0.29) is 30.2 Å². The summed E-state index contributed by atoms with van der Waals surface area (Å²) in [5, 5.41) is 9.17. The summed E-state index contributed by atoms with van der Waals surface area (Å²) in [6, 6.07) is 18.9. The van der Waals surface area contributed by atoms with E-state index in [9.17, 15) is 14.0 Å². The molecule has 4 aromatic rings. The van der Waals surface area contributed by atoms with Crippen LogP contribution in [0.25, 0.3) is 22.8 Å². The number of halogens is 1. The fraction of sp³-hybridized carbons (Fsp3) is 0.214. The molecule has 3 aromatic carbocycles. The lowest BCUT2D eigenvalue weighted by Crippen LogP contribution is -2.41. The fourth-order valence-electron chi connectivity index (χ4n) is 3.69. The van der Waals surface area contributed by atoms with Crippen LogP contribution in [0.4, 0.5) is 14.9 Å². The van der Waals surface area contributed by atoms with Crippen LogP contribution in [0.15, 0.2) is 71.3 Å². The lowest BCUT2D eigenvalue weighted by molar-refractivity contribution is -0.134. The lowest BCUT2D eigenvalue weighted by atomic mass is 10.0. The zero-order chi connectivity index (χ0) is 26.4. The number of anilines is 1.